The fourth-order valence-electron chi connectivity index (χ4n) is 1.50. The fourth-order valence-corrected chi connectivity index (χ4v) is 1.50. The average Bonchev–Trinajstić information content (AvgIpc) is 2.39. The summed E-state index contributed by atoms with van der Waals surface area (Å²) in [6.45, 7) is 0.681. The van der Waals surface area contributed by atoms with Gasteiger partial charge in [-0.1, -0.05) is 12.1 Å². The highest BCUT2D eigenvalue weighted by Gasteiger charge is 1.95. The van der Waals surface area contributed by atoms with Crippen molar-refractivity contribution in [2.75, 3.05) is 5.32 Å². The minimum absolute atomic E-state index is 0.268. The molecule has 0 saturated heterocycles. The minimum Gasteiger partial charge on any atom is -0.508 e. The number of aromatic hydroxyl groups is 1. The molecule has 0 saturated carbocycles. The number of nitrogens with one attached hydrogen (secondary N) is 1. The van der Waals surface area contributed by atoms with Crippen LogP contribution < -0.4 is 5.32 Å². The van der Waals surface area contributed by atoms with Crippen LogP contribution in [0.2, 0.25) is 0 Å². The minimum atomic E-state index is 0.268. The van der Waals surface area contributed by atoms with E-state index in [-0.39, 0.29) is 5.75 Å². The first-order chi connectivity index (χ1) is 8.28. The van der Waals surface area contributed by atoms with Gasteiger partial charge in [-0.2, -0.15) is 0 Å². The summed E-state index contributed by atoms with van der Waals surface area (Å²) in [6, 6.07) is 14.3. The van der Waals surface area contributed by atoms with Crippen LogP contribution >= 0.6 is 0 Å². The number of phenols is 1. The van der Waals surface area contributed by atoms with Crippen molar-refractivity contribution in [3.8, 4) is 5.75 Å². The van der Waals surface area contributed by atoms with Crippen LogP contribution in [0.1, 0.15) is 15.9 Å². The fraction of sp³-hybridized carbons (Fsp3) is 0.0714. The molecule has 0 aliphatic carbocycles. The molecule has 0 heterocycles. The van der Waals surface area contributed by atoms with E-state index in [4.69, 9.17) is 5.11 Å². The average molecular weight is 227 g/mol. The highest BCUT2D eigenvalue weighted by Crippen LogP contribution is 2.13. The van der Waals surface area contributed by atoms with Crippen molar-refractivity contribution < 1.29 is 9.90 Å². The maximum atomic E-state index is 10.5. The van der Waals surface area contributed by atoms with E-state index in [0.29, 0.717) is 12.1 Å². The second-order valence-electron chi connectivity index (χ2n) is 3.76. The predicted molar refractivity (Wildman–Crippen MR) is 67.3 cm³/mol. The number of anilines is 1. The largest absolute Gasteiger partial charge is 0.508 e. The number of hydrogen-bond donors (Lipinski definition) is 2. The Morgan fingerprint density at radius 3 is 2.24 bits per heavy atom. The van der Waals surface area contributed by atoms with Crippen LogP contribution in [0.5, 0.6) is 5.75 Å². The molecule has 2 aromatic rings. The van der Waals surface area contributed by atoms with E-state index in [1.807, 2.05) is 24.3 Å². The molecular formula is C14H13NO2. The maximum Gasteiger partial charge on any atom is 0.150 e. The Morgan fingerprint density at radius 2 is 1.65 bits per heavy atom. The first-order valence-electron chi connectivity index (χ1n) is 5.35. The molecule has 0 unspecified atom stereocenters. The SMILES string of the molecule is O=Cc1ccc(NCc2ccc(O)cc2)cc1. The molecular weight excluding hydrogens is 214 g/mol. The molecule has 3 nitrogen and oxygen atoms in total. The number of benzene rings is 2. The van der Waals surface area contributed by atoms with E-state index < -0.39 is 0 Å². The van der Waals surface area contributed by atoms with Crippen molar-refractivity contribution in [3.63, 3.8) is 0 Å². The lowest BCUT2D eigenvalue weighted by molar-refractivity contribution is 0.112. The third-order valence-electron chi connectivity index (χ3n) is 2.48. The molecule has 0 fully saturated rings. The van der Waals surface area contributed by atoms with E-state index in [9.17, 15) is 4.79 Å². The topological polar surface area (TPSA) is 49.3 Å². The van der Waals surface area contributed by atoms with E-state index in [1.54, 1.807) is 24.3 Å². The molecule has 0 bridgehead atoms. The summed E-state index contributed by atoms with van der Waals surface area (Å²) in [5.41, 5.74) is 2.71. The van der Waals surface area contributed by atoms with Gasteiger partial charge in [-0.15, -0.1) is 0 Å². The highest BCUT2D eigenvalue weighted by molar-refractivity contribution is 5.75. The summed E-state index contributed by atoms with van der Waals surface area (Å²) in [5, 5.41) is 12.4. The van der Waals surface area contributed by atoms with Crippen molar-refractivity contribution in [2.24, 2.45) is 0 Å². The molecule has 0 atom stereocenters. The molecule has 2 rings (SSSR count). The number of phenolic OH excluding ortho intramolecular Hbond substituents is 1. The van der Waals surface area contributed by atoms with Crippen molar-refractivity contribution in [1.29, 1.82) is 0 Å². The van der Waals surface area contributed by atoms with Gasteiger partial charge in [0.15, 0.2) is 0 Å². The summed E-state index contributed by atoms with van der Waals surface area (Å²) in [7, 11) is 0. The van der Waals surface area contributed by atoms with Gasteiger partial charge < -0.3 is 10.4 Å². The number of aldehydes is 1. The van der Waals surface area contributed by atoms with Gasteiger partial charge in [0.1, 0.15) is 12.0 Å². The van der Waals surface area contributed by atoms with Crippen LogP contribution in [0.15, 0.2) is 48.5 Å². The number of carbonyl (C=O) groups is 1. The lowest BCUT2D eigenvalue weighted by Gasteiger charge is -2.06. The summed E-state index contributed by atoms with van der Waals surface area (Å²) >= 11 is 0. The zero-order valence-corrected chi connectivity index (χ0v) is 9.26. The van der Waals surface area contributed by atoms with Gasteiger partial charge >= 0.3 is 0 Å². The normalized spacial score (nSPS) is 9.88. The molecule has 2 N–H and O–H groups in total. The summed E-state index contributed by atoms with van der Waals surface area (Å²) in [4.78, 5) is 10.5. The van der Waals surface area contributed by atoms with E-state index in [1.165, 1.54) is 0 Å². The number of rotatable bonds is 4. The van der Waals surface area contributed by atoms with Gasteiger partial charge in [0.05, 0.1) is 0 Å². The Morgan fingerprint density at radius 1 is 1.00 bits per heavy atom. The van der Waals surface area contributed by atoms with Gasteiger partial charge in [-0.05, 0) is 42.0 Å². The zero-order chi connectivity index (χ0) is 12.1. The van der Waals surface area contributed by atoms with Crippen molar-refractivity contribution in [2.45, 2.75) is 6.54 Å². The maximum absolute atomic E-state index is 10.5. The van der Waals surface area contributed by atoms with E-state index >= 15 is 0 Å². The molecule has 2 aromatic carbocycles. The molecule has 0 aliphatic rings. The van der Waals surface area contributed by atoms with Crippen molar-refractivity contribution in [3.05, 3.63) is 59.7 Å². The van der Waals surface area contributed by atoms with Crippen molar-refractivity contribution >= 4 is 12.0 Å². The summed E-state index contributed by atoms with van der Waals surface area (Å²) in [6.07, 6.45) is 0.823. The monoisotopic (exact) mass is 227 g/mol. The summed E-state index contributed by atoms with van der Waals surface area (Å²) in [5.74, 6) is 0.268. The molecule has 0 aliphatic heterocycles. The lowest BCUT2D eigenvalue weighted by atomic mass is 10.2. The van der Waals surface area contributed by atoms with Gasteiger partial charge in [0.25, 0.3) is 0 Å². The van der Waals surface area contributed by atoms with Gasteiger partial charge in [-0.3, -0.25) is 4.79 Å². The highest BCUT2D eigenvalue weighted by atomic mass is 16.3. The van der Waals surface area contributed by atoms with Gasteiger partial charge in [0.2, 0.25) is 0 Å². The van der Waals surface area contributed by atoms with Crippen LogP contribution in [0.4, 0.5) is 5.69 Å². The number of hydrogen-bond acceptors (Lipinski definition) is 3. The second kappa shape index (κ2) is 5.16. The first kappa shape index (κ1) is 11.2. The van der Waals surface area contributed by atoms with Crippen LogP contribution in [0.3, 0.4) is 0 Å². The molecule has 0 radical (unpaired) electrons. The standard InChI is InChI=1S/C14H13NO2/c16-10-12-1-5-13(6-2-12)15-9-11-3-7-14(17)8-4-11/h1-8,10,15,17H,9H2. The van der Waals surface area contributed by atoms with Crippen LogP contribution in [-0.2, 0) is 6.54 Å². The molecule has 17 heavy (non-hydrogen) atoms. The van der Waals surface area contributed by atoms with E-state index in [0.717, 1.165) is 17.5 Å². The Hall–Kier alpha value is -2.29. The Kier molecular flexibility index (Phi) is 3.40. The number of carbonyl (C=O) groups excluding carboxylic acids is 1. The Balaban J connectivity index is 1.97. The molecule has 0 amide bonds. The quantitative estimate of drug-likeness (QED) is 0.789. The Labute approximate surface area is 99.7 Å². The third kappa shape index (κ3) is 3.08. The molecule has 0 spiro atoms. The molecule has 86 valence electrons. The predicted octanol–water partition coefficient (Wildman–Crippen LogP) is 2.82. The first-order valence-corrected chi connectivity index (χ1v) is 5.35. The van der Waals surface area contributed by atoms with Crippen LogP contribution in [0, 0.1) is 0 Å². The lowest BCUT2D eigenvalue weighted by Crippen LogP contribution is -1.98. The second-order valence-corrected chi connectivity index (χ2v) is 3.76. The Bertz CT molecular complexity index is 489. The van der Waals surface area contributed by atoms with Gasteiger partial charge in [-0.25, -0.2) is 0 Å². The van der Waals surface area contributed by atoms with Crippen molar-refractivity contribution in [1.82, 2.24) is 0 Å². The van der Waals surface area contributed by atoms with Crippen LogP contribution in [-0.4, -0.2) is 11.4 Å². The smallest absolute Gasteiger partial charge is 0.150 e. The van der Waals surface area contributed by atoms with Gasteiger partial charge in [0, 0.05) is 17.8 Å². The van der Waals surface area contributed by atoms with Crippen LogP contribution in [0.25, 0.3) is 0 Å². The third-order valence-corrected chi connectivity index (χ3v) is 2.48. The molecule has 3 heteroatoms. The van der Waals surface area contributed by atoms with E-state index in [2.05, 4.69) is 5.32 Å². The summed E-state index contributed by atoms with van der Waals surface area (Å²) < 4.78 is 0. The molecule has 0 aromatic heterocycles. The zero-order valence-electron chi connectivity index (χ0n) is 9.26.